The molecule has 2 aromatic rings. The molecule has 0 saturated carbocycles. The van der Waals surface area contributed by atoms with Crippen molar-refractivity contribution >= 4 is 11.2 Å². The van der Waals surface area contributed by atoms with Crippen LogP contribution in [0, 0.1) is 5.92 Å². The molecule has 2 aliphatic rings. The van der Waals surface area contributed by atoms with Crippen LogP contribution in [-0.2, 0) is 15.9 Å². The predicted octanol–water partition coefficient (Wildman–Crippen LogP) is 1.97. The van der Waals surface area contributed by atoms with Gasteiger partial charge in [0, 0.05) is 32.4 Å². The van der Waals surface area contributed by atoms with E-state index in [0.29, 0.717) is 12.0 Å². The van der Waals surface area contributed by atoms with E-state index in [9.17, 15) is 0 Å². The number of hydrogen-bond acceptors (Lipinski definition) is 4. The Morgan fingerprint density at radius 2 is 2.10 bits per heavy atom. The minimum atomic E-state index is 0.382. The van der Waals surface area contributed by atoms with Gasteiger partial charge in [-0.15, -0.1) is 0 Å². The van der Waals surface area contributed by atoms with Gasteiger partial charge in [0.2, 0.25) is 0 Å². The monoisotopic (exact) mass is 273 g/mol. The first-order valence-electron chi connectivity index (χ1n) is 7.39. The fourth-order valence-electron chi connectivity index (χ4n) is 3.23. The Kier molecular flexibility index (Phi) is 3.16. The maximum Gasteiger partial charge on any atom is 0.160 e. The van der Waals surface area contributed by atoms with Crippen LogP contribution in [0.3, 0.4) is 0 Å². The van der Waals surface area contributed by atoms with Gasteiger partial charge in [-0.05, 0) is 30.9 Å². The average molecular weight is 273 g/mol. The van der Waals surface area contributed by atoms with E-state index in [1.165, 1.54) is 0 Å². The molecule has 20 heavy (non-hydrogen) atoms. The van der Waals surface area contributed by atoms with Crippen LogP contribution in [-0.4, -0.2) is 41.0 Å². The van der Waals surface area contributed by atoms with Gasteiger partial charge in [-0.1, -0.05) is 0 Å². The van der Waals surface area contributed by atoms with E-state index in [0.717, 1.165) is 62.7 Å². The molecule has 0 aliphatic carbocycles. The van der Waals surface area contributed by atoms with Gasteiger partial charge in [0.25, 0.3) is 0 Å². The lowest BCUT2D eigenvalue weighted by molar-refractivity contribution is 0.183. The topological polar surface area (TPSA) is 49.2 Å². The molecule has 0 spiro atoms. The number of nitrogens with zero attached hydrogens (tertiary/aromatic N) is 3. The van der Waals surface area contributed by atoms with Gasteiger partial charge in [-0.3, -0.25) is 0 Å². The fourth-order valence-corrected chi connectivity index (χ4v) is 3.23. The van der Waals surface area contributed by atoms with Crippen molar-refractivity contribution in [2.24, 2.45) is 5.92 Å². The summed E-state index contributed by atoms with van der Waals surface area (Å²) < 4.78 is 13.4. The average Bonchev–Trinajstić information content (AvgIpc) is 3.18. The van der Waals surface area contributed by atoms with Crippen molar-refractivity contribution < 1.29 is 9.47 Å². The molecule has 2 aromatic heterocycles. The number of hydrogen-bond donors (Lipinski definition) is 0. The standard InChI is InChI=1S/C15H19N3O2/c1-2-13-15(16-5-1)18(12-4-7-20-10-12)14(17-13)8-11-3-6-19-9-11/h1-2,5,11-12H,3-4,6-10H2. The summed E-state index contributed by atoms with van der Waals surface area (Å²) in [5.74, 6) is 1.73. The normalized spacial score (nSPS) is 26.6. The zero-order chi connectivity index (χ0) is 13.4. The minimum absolute atomic E-state index is 0.382. The lowest BCUT2D eigenvalue weighted by atomic mass is 10.0. The molecule has 4 rings (SSSR count). The highest BCUT2D eigenvalue weighted by atomic mass is 16.5. The number of imidazole rings is 1. The smallest absolute Gasteiger partial charge is 0.160 e. The van der Waals surface area contributed by atoms with Crippen molar-refractivity contribution in [3.8, 4) is 0 Å². The molecule has 0 amide bonds. The first kappa shape index (κ1) is 12.3. The molecule has 0 bridgehead atoms. The minimum Gasteiger partial charge on any atom is -0.381 e. The molecule has 2 saturated heterocycles. The van der Waals surface area contributed by atoms with E-state index in [-0.39, 0.29) is 0 Å². The van der Waals surface area contributed by atoms with E-state index in [2.05, 4.69) is 9.55 Å². The van der Waals surface area contributed by atoms with Gasteiger partial charge < -0.3 is 14.0 Å². The van der Waals surface area contributed by atoms with E-state index >= 15 is 0 Å². The zero-order valence-electron chi connectivity index (χ0n) is 11.5. The molecule has 2 aliphatic heterocycles. The summed E-state index contributed by atoms with van der Waals surface area (Å²) >= 11 is 0. The number of rotatable bonds is 3. The molecule has 2 unspecified atom stereocenters. The second kappa shape index (κ2) is 5.14. The Labute approximate surface area is 117 Å². The third-order valence-electron chi connectivity index (χ3n) is 4.29. The largest absolute Gasteiger partial charge is 0.381 e. The van der Waals surface area contributed by atoms with Crippen LogP contribution < -0.4 is 0 Å². The Morgan fingerprint density at radius 1 is 1.20 bits per heavy atom. The van der Waals surface area contributed by atoms with E-state index in [4.69, 9.17) is 14.5 Å². The van der Waals surface area contributed by atoms with E-state index in [1.807, 2.05) is 18.3 Å². The van der Waals surface area contributed by atoms with Crippen LogP contribution in [0.5, 0.6) is 0 Å². The Morgan fingerprint density at radius 3 is 2.90 bits per heavy atom. The van der Waals surface area contributed by atoms with Crippen LogP contribution in [0.15, 0.2) is 18.3 Å². The maximum absolute atomic E-state index is 5.55. The highest BCUT2D eigenvalue weighted by Crippen LogP contribution is 2.28. The van der Waals surface area contributed by atoms with Gasteiger partial charge in [0.05, 0.1) is 12.6 Å². The molecule has 5 heteroatoms. The Bertz CT molecular complexity index is 598. The molecular formula is C15H19N3O2. The van der Waals surface area contributed by atoms with Gasteiger partial charge in [-0.2, -0.15) is 0 Å². The summed E-state index contributed by atoms with van der Waals surface area (Å²) in [6, 6.07) is 4.38. The molecule has 2 atom stereocenters. The van der Waals surface area contributed by atoms with Crippen LogP contribution in [0.1, 0.15) is 24.7 Å². The second-order valence-electron chi connectivity index (χ2n) is 5.70. The predicted molar refractivity (Wildman–Crippen MR) is 74.6 cm³/mol. The summed E-state index contributed by atoms with van der Waals surface area (Å²) in [5, 5.41) is 0. The number of aromatic nitrogens is 3. The van der Waals surface area contributed by atoms with Crippen molar-refractivity contribution in [1.82, 2.24) is 14.5 Å². The molecular weight excluding hydrogens is 254 g/mol. The lowest BCUT2D eigenvalue weighted by Crippen LogP contribution is -2.16. The fraction of sp³-hybridized carbons (Fsp3) is 0.600. The van der Waals surface area contributed by atoms with Crippen molar-refractivity contribution in [2.75, 3.05) is 26.4 Å². The number of ether oxygens (including phenoxy) is 2. The third kappa shape index (κ3) is 2.11. The van der Waals surface area contributed by atoms with Crippen molar-refractivity contribution in [2.45, 2.75) is 25.3 Å². The van der Waals surface area contributed by atoms with Crippen LogP contribution in [0.4, 0.5) is 0 Å². The van der Waals surface area contributed by atoms with Crippen LogP contribution >= 0.6 is 0 Å². The number of fused-ring (bicyclic) bond motifs is 1. The van der Waals surface area contributed by atoms with E-state index < -0.39 is 0 Å². The maximum atomic E-state index is 5.55. The summed E-state index contributed by atoms with van der Waals surface area (Å²) in [6.07, 6.45) is 5.01. The molecule has 0 N–H and O–H groups in total. The number of pyridine rings is 1. The van der Waals surface area contributed by atoms with Gasteiger partial charge in [-0.25, -0.2) is 9.97 Å². The molecule has 4 heterocycles. The molecule has 2 fully saturated rings. The molecule has 5 nitrogen and oxygen atoms in total. The quantitative estimate of drug-likeness (QED) is 0.858. The van der Waals surface area contributed by atoms with Gasteiger partial charge >= 0.3 is 0 Å². The summed E-state index contributed by atoms with van der Waals surface area (Å²) in [4.78, 5) is 9.34. The van der Waals surface area contributed by atoms with Crippen LogP contribution in [0.25, 0.3) is 11.2 Å². The SMILES string of the molecule is c1cnc2c(c1)nc(CC1CCOC1)n2C1CCOC1. The van der Waals surface area contributed by atoms with E-state index in [1.54, 1.807) is 0 Å². The van der Waals surface area contributed by atoms with Crippen molar-refractivity contribution in [3.05, 3.63) is 24.2 Å². The summed E-state index contributed by atoms with van der Waals surface area (Å²) in [7, 11) is 0. The Hall–Kier alpha value is -1.46. The first-order valence-corrected chi connectivity index (χ1v) is 7.39. The molecule has 106 valence electrons. The second-order valence-corrected chi connectivity index (χ2v) is 5.70. The lowest BCUT2D eigenvalue weighted by Gasteiger charge is -2.16. The highest BCUT2D eigenvalue weighted by molar-refractivity contribution is 5.71. The summed E-state index contributed by atoms with van der Waals surface area (Å²) in [5.41, 5.74) is 1.99. The first-order chi connectivity index (χ1) is 9.92. The molecule has 0 radical (unpaired) electrons. The van der Waals surface area contributed by atoms with Gasteiger partial charge in [0.1, 0.15) is 11.3 Å². The third-order valence-corrected chi connectivity index (χ3v) is 4.29. The zero-order valence-corrected chi connectivity index (χ0v) is 11.5. The van der Waals surface area contributed by atoms with Crippen LogP contribution in [0.2, 0.25) is 0 Å². The summed E-state index contributed by atoms with van der Waals surface area (Å²) in [6.45, 7) is 3.35. The van der Waals surface area contributed by atoms with Gasteiger partial charge in [0.15, 0.2) is 5.65 Å². The highest BCUT2D eigenvalue weighted by Gasteiger charge is 2.26. The van der Waals surface area contributed by atoms with Crippen molar-refractivity contribution in [3.63, 3.8) is 0 Å². The molecule has 0 aromatic carbocycles. The Balaban J connectivity index is 1.74. The van der Waals surface area contributed by atoms with Crippen molar-refractivity contribution in [1.29, 1.82) is 0 Å².